The Balaban J connectivity index is 1.22. The second kappa shape index (κ2) is 12.7. The number of hydrogen-bond donors (Lipinski definition) is 0. The summed E-state index contributed by atoms with van der Waals surface area (Å²) >= 11 is 0. The highest BCUT2D eigenvalue weighted by molar-refractivity contribution is 5.95. The van der Waals surface area contributed by atoms with Gasteiger partial charge in [-0.25, -0.2) is 0 Å². The van der Waals surface area contributed by atoms with Crippen molar-refractivity contribution in [2.24, 2.45) is 0 Å². The van der Waals surface area contributed by atoms with E-state index < -0.39 is 0 Å². The predicted molar refractivity (Wildman–Crippen MR) is 171 cm³/mol. The molecule has 1 heteroatoms. The molecule has 1 aliphatic rings. The number of aryl methyl sites for hydroxylation is 1. The van der Waals surface area contributed by atoms with Gasteiger partial charge in [0.2, 0.25) is 0 Å². The lowest BCUT2D eigenvalue weighted by Gasteiger charge is -2.31. The van der Waals surface area contributed by atoms with E-state index in [0.29, 0.717) is 0 Å². The van der Waals surface area contributed by atoms with Gasteiger partial charge < -0.3 is 4.74 Å². The number of rotatable bonds is 12. The molecule has 0 aromatic heterocycles. The molecule has 0 spiro atoms. The first-order valence-electron chi connectivity index (χ1n) is 15.6. The minimum absolute atomic E-state index is 0.127. The van der Waals surface area contributed by atoms with Gasteiger partial charge in [0.1, 0.15) is 11.5 Å². The summed E-state index contributed by atoms with van der Waals surface area (Å²) in [6.45, 7) is 2.29. The molecule has 40 heavy (non-hydrogen) atoms. The second-order valence-corrected chi connectivity index (χ2v) is 11.6. The Morgan fingerprint density at radius 3 is 1.55 bits per heavy atom. The minimum Gasteiger partial charge on any atom is -0.457 e. The van der Waals surface area contributed by atoms with Crippen LogP contribution < -0.4 is 4.74 Å². The van der Waals surface area contributed by atoms with Crippen molar-refractivity contribution in [3.05, 3.63) is 119 Å². The molecule has 0 unspecified atom stereocenters. The molecule has 1 aliphatic heterocycles. The molecule has 0 saturated heterocycles. The maximum atomic E-state index is 6.59. The quantitative estimate of drug-likeness (QED) is 0.144. The second-order valence-electron chi connectivity index (χ2n) is 11.6. The van der Waals surface area contributed by atoms with Crippen LogP contribution in [0.1, 0.15) is 99.3 Å². The smallest absolute Gasteiger partial charge is 0.132 e. The molecule has 0 radical (unpaired) electrons. The van der Waals surface area contributed by atoms with Crippen molar-refractivity contribution >= 4 is 21.5 Å². The summed E-state index contributed by atoms with van der Waals surface area (Å²) in [5.41, 5.74) is 5.35. The van der Waals surface area contributed by atoms with Crippen LogP contribution >= 0.6 is 0 Å². The molecule has 6 rings (SSSR count). The van der Waals surface area contributed by atoms with Crippen LogP contribution in [0.15, 0.2) is 97.1 Å². The highest BCUT2D eigenvalue weighted by Crippen LogP contribution is 2.52. The molecule has 0 amide bonds. The van der Waals surface area contributed by atoms with Gasteiger partial charge in [0.25, 0.3) is 0 Å². The Hall–Kier alpha value is -3.58. The standard InChI is InChI=1S/C39H42O/c1-2-3-4-5-6-7-8-9-10-11-16-29-21-23-32(24-22-29)37-38-33-19-14-12-17-30(33)25-27-35(38)40-36-28-26-31-18-13-15-20-34(31)39(36)37/h12-15,17-28,37H,2-11,16H2,1H3. The normalized spacial score (nSPS) is 12.8. The first-order chi connectivity index (χ1) is 19.8. The first-order valence-corrected chi connectivity index (χ1v) is 15.6. The van der Waals surface area contributed by atoms with E-state index in [1.54, 1.807) is 0 Å². The van der Waals surface area contributed by atoms with E-state index in [9.17, 15) is 0 Å². The Kier molecular flexibility index (Phi) is 8.47. The summed E-state index contributed by atoms with van der Waals surface area (Å²) in [5.74, 6) is 2.07. The van der Waals surface area contributed by atoms with Crippen molar-refractivity contribution in [3.8, 4) is 11.5 Å². The Labute approximate surface area is 240 Å². The maximum absolute atomic E-state index is 6.59. The number of fused-ring (bicyclic) bond motifs is 6. The van der Waals surface area contributed by atoms with E-state index in [1.165, 1.54) is 114 Å². The fraction of sp³-hybridized carbons (Fsp3) is 0.333. The van der Waals surface area contributed by atoms with Crippen molar-refractivity contribution < 1.29 is 4.74 Å². The van der Waals surface area contributed by atoms with Crippen LogP contribution in [0.4, 0.5) is 0 Å². The summed E-state index contributed by atoms with van der Waals surface area (Å²) in [6, 6.07) is 35.6. The summed E-state index contributed by atoms with van der Waals surface area (Å²) in [6.07, 6.45) is 15.0. The molecular formula is C39H42O. The van der Waals surface area contributed by atoms with Crippen LogP contribution in [0.25, 0.3) is 21.5 Å². The van der Waals surface area contributed by atoms with Crippen molar-refractivity contribution in [2.45, 2.75) is 83.5 Å². The lowest BCUT2D eigenvalue weighted by Crippen LogP contribution is -2.13. The van der Waals surface area contributed by atoms with Crippen LogP contribution in [-0.2, 0) is 6.42 Å². The topological polar surface area (TPSA) is 9.23 Å². The average Bonchev–Trinajstić information content (AvgIpc) is 3.01. The van der Waals surface area contributed by atoms with E-state index in [4.69, 9.17) is 4.74 Å². The van der Waals surface area contributed by atoms with Gasteiger partial charge in [-0.1, -0.05) is 150 Å². The number of ether oxygens (including phenoxy) is 1. The van der Waals surface area contributed by atoms with Gasteiger partial charge in [-0.15, -0.1) is 0 Å². The van der Waals surface area contributed by atoms with Crippen LogP contribution in [0, 0.1) is 0 Å². The van der Waals surface area contributed by atoms with E-state index in [2.05, 4.69) is 104 Å². The number of benzene rings is 5. The van der Waals surface area contributed by atoms with Crippen molar-refractivity contribution in [1.82, 2.24) is 0 Å². The van der Waals surface area contributed by atoms with Crippen LogP contribution in [0.5, 0.6) is 11.5 Å². The Morgan fingerprint density at radius 2 is 1.00 bits per heavy atom. The molecule has 5 aromatic rings. The number of unbranched alkanes of at least 4 members (excludes halogenated alkanes) is 9. The molecule has 0 bridgehead atoms. The van der Waals surface area contributed by atoms with E-state index in [-0.39, 0.29) is 5.92 Å². The van der Waals surface area contributed by atoms with Crippen molar-refractivity contribution in [1.29, 1.82) is 0 Å². The lowest BCUT2D eigenvalue weighted by molar-refractivity contribution is 0.456. The molecule has 1 nitrogen and oxygen atoms in total. The van der Waals surface area contributed by atoms with Gasteiger partial charge in [0.05, 0.1) is 0 Å². The predicted octanol–water partition coefficient (Wildman–Crippen LogP) is 11.7. The molecule has 0 aliphatic carbocycles. The zero-order valence-corrected chi connectivity index (χ0v) is 24.0. The largest absolute Gasteiger partial charge is 0.457 e. The first kappa shape index (κ1) is 26.6. The molecule has 0 N–H and O–H groups in total. The van der Waals surface area contributed by atoms with Crippen LogP contribution in [0.3, 0.4) is 0 Å². The Bertz CT molecular complexity index is 1480. The van der Waals surface area contributed by atoms with Gasteiger partial charge in [-0.3, -0.25) is 0 Å². The summed E-state index contributed by atoms with van der Waals surface area (Å²) in [4.78, 5) is 0. The summed E-state index contributed by atoms with van der Waals surface area (Å²) in [5, 5.41) is 5.07. The van der Waals surface area contributed by atoms with Crippen LogP contribution in [0.2, 0.25) is 0 Å². The van der Waals surface area contributed by atoms with Gasteiger partial charge in [0.15, 0.2) is 0 Å². The lowest BCUT2D eigenvalue weighted by atomic mass is 9.78. The summed E-state index contributed by atoms with van der Waals surface area (Å²) in [7, 11) is 0. The molecule has 1 heterocycles. The molecule has 204 valence electrons. The Morgan fingerprint density at radius 1 is 0.500 bits per heavy atom. The van der Waals surface area contributed by atoms with E-state index in [0.717, 1.165) is 11.5 Å². The van der Waals surface area contributed by atoms with Crippen LogP contribution in [-0.4, -0.2) is 0 Å². The third-order valence-electron chi connectivity index (χ3n) is 8.79. The van der Waals surface area contributed by atoms with Gasteiger partial charge >= 0.3 is 0 Å². The average molecular weight is 527 g/mol. The third kappa shape index (κ3) is 5.66. The van der Waals surface area contributed by atoms with Crippen molar-refractivity contribution in [2.75, 3.05) is 0 Å². The highest BCUT2D eigenvalue weighted by atomic mass is 16.5. The van der Waals surface area contributed by atoms with Gasteiger partial charge in [-0.2, -0.15) is 0 Å². The molecule has 5 aromatic carbocycles. The highest BCUT2D eigenvalue weighted by Gasteiger charge is 2.32. The molecule has 0 saturated carbocycles. The van der Waals surface area contributed by atoms with Gasteiger partial charge in [-0.05, 0) is 57.6 Å². The monoisotopic (exact) mass is 526 g/mol. The molecule has 0 fully saturated rings. The minimum atomic E-state index is 0.127. The summed E-state index contributed by atoms with van der Waals surface area (Å²) < 4.78 is 6.59. The van der Waals surface area contributed by atoms with E-state index in [1.807, 2.05) is 0 Å². The maximum Gasteiger partial charge on any atom is 0.132 e. The van der Waals surface area contributed by atoms with Gasteiger partial charge in [0, 0.05) is 17.0 Å². The zero-order chi connectivity index (χ0) is 27.1. The fourth-order valence-electron chi connectivity index (χ4n) is 6.61. The molecule has 0 atom stereocenters. The zero-order valence-electron chi connectivity index (χ0n) is 24.0. The molecular weight excluding hydrogens is 484 g/mol. The fourth-order valence-corrected chi connectivity index (χ4v) is 6.61. The number of hydrogen-bond acceptors (Lipinski definition) is 1. The van der Waals surface area contributed by atoms with Crippen molar-refractivity contribution in [3.63, 3.8) is 0 Å². The van der Waals surface area contributed by atoms with E-state index >= 15 is 0 Å². The SMILES string of the molecule is CCCCCCCCCCCCc1ccc(C2c3c(ccc4ccccc34)Oc3ccc4ccccc4c32)cc1. The third-order valence-corrected chi connectivity index (χ3v) is 8.79.